The molecule has 3 aromatic rings. The van der Waals surface area contributed by atoms with Crippen LogP contribution in [0.5, 0.6) is 11.5 Å². The van der Waals surface area contributed by atoms with Crippen molar-refractivity contribution >= 4 is 34.2 Å². The molecule has 0 bridgehead atoms. The summed E-state index contributed by atoms with van der Waals surface area (Å²) in [5.41, 5.74) is 2.96. The highest BCUT2D eigenvalue weighted by Crippen LogP contribution is 2.35. The SMILES string of the molecule is COc1cc(/C=C(/C#N)c2ccc(F)cc2)cc(I)c1OCc1ccccc1. The first kappa shape index (κ1) is 19.9. The van der Waals surface area contributed by atoms with E-state index < -0.39 is 0 Å². The second kappa shape index (κ2) is 9.38. The largest absolute Gasteiger partial charge is 0.493 e. The molecule has 0 aliphatic heterocycles. The van der Waals surface area contributed by atoms with Gasteiger partial charge in [-0.05, 0) is 69.6 Å². The molecular weight excluding hydrogens is 468 g/mol. The number of nitriles is 1. The lowest BCUT2D eigenvalue weighted by atomic mass is 10.0. The number of hydrogen-bond acceptors (Lipinski definition) is 3. The Labute approximate surface area is 177 Å². The first-order valence-corrected chi connectivity index (χ1v) is 9.60. The molecule has 0 aromatic heterocycles. The minimum Gasteiger partial charge on any atom is -0.493 e. The molecule has 0 saturated carbocycles. The summed E-state index contributed by atoms with van der Waals surface area (Å²) in [5.74, 6) is 0.909. The predicted molar refractivity (Wildman–Crippen MR) is 116 cm³/mol. The van der Waals surface area contributed by atoms with Crippen molar-refractivity contribution in [2.45, 2.75) is 6.61 Å². The Hall–Kier alpha value is -2.85. The summed E-state index contributed by atoms with van der Waals surface area (Å²) >= 11 is 2.19. The summed E-state index contributed by atoms with van der Waals surface area (Å²) in [6.07, 6.45) is 1.75. The van der Waals surface area contributed by atoms with Gasteiger partial charge in [0.2, 0.25) is 0 Å². The Balaban J connectivity index is 1.89. The average molecular weight is 485 g/mol. The fourth-order valence-electron chi connectivity index (χ4n) is 2.67. The van der Waals surface area contributed by atoms with Gasteiger partial charge in [0.1, 0.15) is 12.4 Å². The fourth-order valence-corrected chi connectivity index (χ4v) is 3.45. The summed E-state index contributed by atoms with van der Waals surface area (Å²) in [6.45, 7) is 0.432. The van der Waals surface area contributed by atoms with Crippen LogP contribution >= 0.6 is 22.6 Å². The Morgan fingerprint density at radius 3 is 2.46 bits per heavy atom. The molecule has 28 heavy (non-hydrogen) atoms. The predicted octanol–water partition coefficient (Wildman–Crippen LogP) is 6.08. The third-order valence-electron chi connectivity index (χ3n) is 4.06. The van der Waals surface area contributed by atoms with Crippen molar-refractivity contribution in [3.8, 4) is 17.6 Å². The number of hydrogen-bond donors (Lipinski definition) is 0. The van der Waals surface area contributed by atoms with Crippen molar-refractivity contribution in [2.24, 2.45) is 0 Å². The molecule has 3 aromatic carbocycles. The molecule has 0 aliphatic carbocycles. The molecule has 0 amide bonds. The lowest BCUT2D eigenvalue weighted by Crippen LogP contribution is -2.00. The number of rotatable bonds is 6. The lowest BCUT2D eigenvalue weighted by molar-refractivity contribution is 0.282. The molecule has 0 fully saturated rings. The van der Waals surface area contributed by atoms with E-state index in [-0.39, 0.29) is 5.82 Å². The molecule has 0 unspecified atom stereocenters. The number of nitrogens with zero attached hydrogens (tertiary/aromatic N) is 1. The number of benzene rings is 3. The van der Waals surface area contributed by atoms with E-state index in [0.29, 0.717) is 29.2 Å². The maximum Gasteiger partial charge on any atom is 0.174 e. The molecule has 0 N–H and O–H groups in total. The van der Waals surface area contributed by atoms with E-state index >= 15 is 0 Å². The Morgan fingerprint density at radius 1 is 1.11 bits per heavy atom. The van der Waals surface area contributed by atoms with Crippen LogP contribution in [0.15, 0.2) is 66.7 Å². The van der Waals surface area contributed by atoms with Gasteiger partial charge in [-0.15, -0.1) is 0 Å². The van der Waals surface area contributed by atoms with Crippen LogP contribution in [0, 0.1) is 20.7 Å². The zero-order valence-corrected chi connectivity index (χ0v) is 17.3. The molecule has 3 rings (SSSR count). The summed E-state index contributed by atoms with van der Waals surface area (Å²) in [7, 11) is 1.58. The molecule has 5 heteroatoms. The normalized spacial score (nSPS) is 11.0. The maximum atomic E-state index is 13.1. The van der Waals surface area contributed by atoms with E-state index in [4.69, 9.17) is 9.47 Å². The van der Waals surface area contributed by atoms with Gasteiger partial charge in [-0.1, -0.05) is 42.5 Å². The van der Waals surface area contributed by atoms with Gasteiger partial charge in [0.15, 0.2) is 11.5 Å². The van der Waals surface area contributed by atoms with Crippen molar-refractivity contribution in [1.29, 1.82) is 5.26 Å². The fraction of sp³-hybridized carbons (Fsp3) is 0.0870. The monoisotopic (exact) mass is 485 g/mol. The summed E-state index contributed by atoms with van der Waals surface area (Å²) in [4.78, 5) is 0. The number of allylic oxidation sites excluding steroid dienone is 1. The van der Waals surface area contributed by atoms with Gasteiger partial charge in [0.05, 0.1) is 22.3 Å². The average Bonchev–Trinajstić information content (AvgIpc) is 2.72. The first-order chi connectivity index (χ1) is 13.6. The zero-order valence-electron chi connectivity index (χ0n) is 15.2. The molecule has 0 atom stereocenters. The molecule has 0 heterocycles. The smallest absolute Gasteiger partial charge is 0.174 e. The van der Waals surface area contributed by atoms with Crippen molar-refractivity contribution < 1.29 is 13.9 Å². The van der Waals surface area contributed by atoms with Gasteiger partial charge in [-0.25, -0.2) is 4.39 Å². The molecule has 140 valence electrons. The minimum atomic E-state index is -0.336. The van der Waals surface area contributed by atoms with E-state index in [9.17, 15) is 9.65 Å². The summed E-state index contributed by atoms with van der Waals surface area (Å²) in [5, 5.41) is 9.50. The van der Waals surface area contributed by atoms with Crippen molar-refractivity contribution in [1.82, 2.24) is 0 Å². The summed E-state index contributed by atoms with van der Waals surface area (Å²) in [6, 6.07) is 21.7. The quantitative estimate of drug-likeness (QED) is 0.242. The Morgan fingerprint density at radius 2 is 1.82 bits per heavy atom. The summed E-state index contributed by atoms with van der Waals surface area (Å²) < 4.78 is 25.5. The Kier molecular flexibility index (Phi) is 6.66. The third-order valence-corrected chi connectivity index (χ3v) is 4.87. The van der Waals surface area contributed by atoms with Gasteiger partial charge in [0.25, 0.3) is 0 Å². The van der Waals surface area contributed by atoms with Gasteiger partial charge in [-0.3, -0.25) is 0 Å². The van der Waals surface area contributed by atoms with Gasteiger partial charge >= 0.3 is 0 Å². The van der Waals surface area contributed by atoms with Crippen LogP contribution in [-0.2, 0) is 6.61 Å². The van der Waals surface area contributed by atoms with Gasteiger partial charge in [-0.2, -0.15) is 5.26 Å². The molecule has 0 radical (unpaired) electrons. The van der Waals surface area contributed by atoms with Gasteiger partial charge < -0.3 is 9.47 Å². The highest BCUT2D eigenvalue weighted by atomic mass is 127. The van der Waals surface area contributed by atoms with Gasteiger partial charge in [0, 0.05) is 0 Å². The van der Waals surface area contributed by atoms with Crippen LogP contribution in [0.3, 0.4) is 0 Å². The third kappa shape index (κ3) is 4.90. The molecule has 0 spiro atoms. The van der Waals surface area contributed by atoms with Crippen LogP contribution in [0.25, 0.3) is 11.6 Å². The topological polar surface area (TPSA) is 42.2 Å². The van der Waals surface area contributed by atoms with Crippen LogP contribution in [0.4, 0.5) is 4.39 Å². The van der Waals surface area contributed by atoms with E-state index in [1.54, 1.807) is 25.3 Å². The molecule has 0 saturated heterocycles. The second-order valence-electron chi connectivity index (χ2n) is 5.99. The van der Waals surface area contributed by atoms with E-state index in [0.717, 1.165) is 14.7 Å². The van der Waals surface area contributed by atoms with E-state index in [1.165, 1.54) is 12.1 Å². The number of halogens is 2. The van der Waals surface area contributed by atoms with Crippen molar-refractivity contribution in [3.05, 3.63) is 92.8 Å². The number of ether oxygens (including phenoxy) is 2. The number of methoxy groups -OCH3 is 1. The van der Waals surface area contributed by atoms with Crippen LogP contribution in [-0.4, -0.2) is 7.11 Å². The molecular formula is C23H17FINO2. The van der Waals surface area contributed by atoms with Crippen LogP contribution < -0.4 is 9.47 Å². The van der Waals surface area contributed by atoms with Crippen molar-refractivity contribution in [2.75, 3.05) is 7.11 Å². The van der Waals surface area contributed by atoms with E-state index in [2.05, 4.69) is 28.7 Å². The van der Waals surface area contributed by atoms with Crippen LogP contribution in [0.2, 0.25) is 0 Å². The highest BCUT2D eigenvalue weighted by molar-refractivity contribution is 14.1. The van der Waals surface area contributed by atoms with Crippen LogP contribution in [0.1, 0.15) is 16.7 Å². The highest BCUT2D eigenvalue weighted by Gasteiger charge is 2.12. The lowest BCUT2D eigenvalue weighted by Gasteiger charge is -2.14. The maximum absolute atomic E-state index is 13.1. The second-order valence-corrected chi connectivity index (χ2v) is 7.15. The minimum absolute atomic E-state index is 0.336. The molecule has 3 nitrogen and oxygen atoms in total. The standard InChI is InChI=1S/C23H17FINO2/c1-27-22-13-17(11-19(14-26)18-7-9-20(24)10-8-18)12-21(25)23(22)28-15-16-5-3-2-4-6-16/h2-13H,15H2,1H3/b19-11-. The Bertz CT molecular complexity index is 1020. The molecule has 0 aliphatic rings. The van der Waals surface area contributed by atoms with E-state index in [1.807, 2.05) is 42.5 Å². The zero-order chi connectivity index (χ0) is 19.9. The van der Waals surface area contributed by atoms with Crippen molar-refractivity contribution in [3.63, 3.8) is 0 Å². The first-order valence-electron chi connectivity index (χ1n) is 8.52.